The molecule has 0 saturated carbocycles. The van der Waals surface area contributed by atoms with E-state index < -0.39 is 26.2 Å². The molecule has 1 saturated heterocycles. The Morgan fingerprint density at radius 2 is 1.66 bits per heavy atom. The van der Waals surface area contributed by atoms with Crippen molar-refractivity contribution in [1.29, 1.82) is 0 Å². The molecular weight excluding hydrogens is 644 g/mol. The van der Waals surface area contributed by atoms with Gasteiger partial charge in [-0.2, -0.15) is 8.42 Å². The van der Waals surface area contributed by atoms with Crippen LogP contribution in [0.15, 0.2) is 74.9 Å². The maximum Gasteiger partial charge on any atom is 0.339 e. The Bertz CT molecular complexity index is 1640. The van der Waals surface area contributed by atoms with E-state index in [9.17, 15) is 28.1 Å². The van der Waals surface area contributed by atoms with Crippen molar-refractivity contribution in [2.45, 2.75) is 4.90 Å². The minimum Gasteiger partial charge on any atom is -0.493 e. The van der Waals surface area contributed by atoms with Crippen LogP contribution in [0, 0.1) is 10.1 Å². The SMILES string of the molecule is COc1ccccc1OCCN1C(=O)S/C(=C\c2cc(Br)c(OS(=O)(=O)c3ccc([N+](=O)[O-])cc3)c(OC)c2)C1=O. The van der Waals surface area contributed by atoms with Crippen molar-refractivity contribution in [3.8, 4) is 23.0 Å². The number of amides is 2. The molecule has 0 unspecified atom stereocenters. The van der Waals surface area contributed by atoms with Crippen LogP contribution in [0.1, 0.15) is 5.56 Å². The van der Waals surface area contributed by atoms with Gasteiger partial charge in [0.25, 0.3) is 16.8 Å². The van der Waals surface area contributed by atoms with Gasteiger partial charge in [-0.05, 0) is 75.7 Å². The summed E-state index contributed by atoms with van der Waals surface area (Å²) in [5.41, 5.74) is 0.144. The number of imide groups is 1. The lowest BCUT2D eigenvalue weighted by Gasteiger charge is -2.15. The number of nitro groups is 1. The van der Waals surface area contributed by atoms with Gasteiger partial charge in [-0.1, -0.05) is 12.1 Å². The number of hydrogen-bond donors (Lipinski definition) is 0. The molecule has 1 aliphatic rings. The molecule has 3 aromatic carbocycles. The monoisotopic (exact) mass is 664 g/mol. The lowest BCUT2D eigenvalue weighted by atomic mass is 10.2. The van der Waals surface area contributed by atoms with Crippen molar-refractivity contribution in [3.05, 3.63) is 85.7 Å². The molecule has 214 valence electrons. The second-order valence-electron chi connectivity index (χ2n) is 8.16. The van der Waals surface area contributed by atoms with Gasteiger partial charge in [-0.25, -0.2) is 0 Å². The van der Waals surface area contributed by atoms with Gasteiger partial charge in [0.15, 0.2) is 23.0 Å². The average Bonchev–Trinajstić information content (AvgIpc) is 3.21. The first-order valence-corrected chi connectivity index (χ1v) is 14.6. The van der Waals surface area contributed by atoms with E-state index in [2.05, 4.69) is 15.9 Å². The number of para-hydroxylation sites is 2. The van der Waals surface area contributed by atoms with E-state index >= 15 is 0 Å². The summed E-state index contributed by atoms with van der Waals surface area (Å²) in [6.07, 6.45) is 1.47. The van der Waals surface area contributed by atoms with Gasteiger partial charge in [0, 0.05) is 12.1 Å². The van der Waals surface area contributed by atoms with Crippen molar-refractivity contribution in [1.82, 2.24) is 4.90 Å². The Balaban J connectivity index is 1.50. The van der Waals surface area contributed by atoms with E-state index in [0.29, 0.717) is 17.1 Å². The minimum absolute atomic E-state index is 0.0142. The van der Waals surface area contributed by atoms with E-state index in [1.54, 1.807) is 24.3 Å². The van der Waals surface area contributed by atoms with Crippen LogP contribution in [0.3, 0.4) is 0 Å². The van der Waals surface area contributed by atoms with Crippen molar-refractivity contribution in [2.24, 2.45) is 0 Å². The Labute approximate surface area is 247 Å². The van der Waals surface area contributed by atoms with Gasteiger partial charge in [0.2, 0.25) is 0 Å². The standard InChI is InChI=1S/C26H21BrN2O10S2/c1-36-20-5-3-4-6-21(20)38-12-11-28-25(30)23(40-26(28)31)15-16-13-19(27)24(22(14-16)37-2)39-41(34,35)18-9-7-17(8-10-18)29(32)33/h3-10,13-15H,11-12H2,1-2H3/b23-15-. The summed E-state index contributed by atoms with van der Waals surface area (Å²) < 4.78 is 47.3. The summed E-state index contributed by atoms with van der Waals surface area (Å²) >= 11 is 4.02. The van der Waals surface area contributed by atoms with Crippen LogP contribution in [0.25, 0.3) is 6.08 Å². The third kappa shape index (κ3) is 6.81. The molecule has 41 heavy (non-hydrogen) atoms. The molecule has 2 amide bonds. The molecule has 3 aromatic rings. The number of nitrogens with zero attached hydrogens (tertiary/aromatic N) is 2. The van der Waals surface area contributed by atoms with Crippen LogP contribution in [0.4, 0.5) is 10.5 Å². The van der Waals surface area contributed by atoms with Crippen molar-refractivity contribution in [2.75, 3.05) is 27.4 Å². The normalized spacial score (nSPS) is 14.3. The van der Waals surface area contributed by atoms with Gasteiger partial charge in [0.1, 0.15) is 11.5 Å². The molecule has 12 nitrogen and oxygen atoms in total. The summed E-state index contributed by atoms with van der Waals surface area (Å²) in [6, 6.07) is 14.1. The second-order valence-corrected chi connectivity index (χ2v) is 11.5. The van der Waals surface area contributed by atoms with Gasteiger partial charge in [0.05, 0.1) is 35.1 Å². The zero-order chi connectivity index (χ0) is 29.7. The lowest BCUT2D eigenvalue weighted by Crippen LogP contribution is -2.32. The third-order valence-corrected chi connectivity index (χ3v) is 8.33. The fourth-order valence-corrected chi connectivity index (χ4v) is 6.10. The van der Waals surface area contributed by atoms with Crippen LogP contribution in [0.5, 0.6) is 23.0 Å². The molecule has 1 aliphatic heterocycles. The van der Waals surface area contributed by atoms with Gasteiger partial charge < -0.3 is 18.4 Å². The molecule has 1 heterocycles. The first-order valence-electron chi connectivity index (χ1n) is 11.6. The molecule has 1 fully saturated rings. The number of nitro benzene ring substituents is 1. The highest BCUT2D eigenvalue weighted by Gasteiger charge is 2.35. The van der Waals surface area contributed by atoms with Crippen LogP contribution >= 0.6 is 27.7 Å². The molecule has 4 rings (SSSR count). The van der Waals surface area contributed by atoms with E-state index in [1.165, 1.54) is 32.4 Å². The highest BCUT2D eigenvalue weighted by Crippen LogP contribution is 2.40. The predicted molar refractivity (Wildman–Crippen MR) is 153 cm³/mol. The Morgan fingerprint density at radius 3 is 2.29 bits per heavy atom. The minimum atomic E-state index is -4.38. The van der Waals surface area contributed by atoms with Crippen LogP contribution in [-0.4, -0.2) is 56.8 Å². The predicted octanol–water partition coefficient (Wildman–Crippen LogP) is 5.26. The van der Waals surface area contributed by atoms with E-state index in [1.807, 2.05) is 0 Å². The maximum absolute atomic E-state index is 12.9. The van der Waals surface area contributed by atoms with Crippen molar-refractivity contribution < 1.29 is 41.3 Å². The number of rotatable bonds is 11. The zero-order valence-corrected chi connectivity index (χ0v) is 24.7. The maximum atomic E-state index is 12.9. The Kier molecular flexibility index (Phi) is 9.20. The van der Waals surface area contributed by atoms with E-state index in [-0.39, 0.29) is 44.6 Å². The smallest absolute Gasteiger partial charge is 0.339 e. The first-order chi connectivity index (χ1) is 19.5. The van der Waals surface area contributed by atoms with Gasteiger partial charge in [-0.3, -0.25) is 24.6 Å². The fourth-order valence-electron chi connectivity index (χ4n) is 3.63. The number of carbonyl (C=O) groups excluding carboxylic acids is 2. The summed E-state index contributed by atoms with van der Waals surface area (Å²) in [5.74, 6) is 0.325. The van der Waals surface area contributed by atoms with Crippen LogP contribution in [0.2, 0.25) is 0 Å². The molecule has 0 radical (unpaired) electrons. The number of methoxy groups -OCH3 is 2. The molecule has 0 N–H and O–H groups in total. The first kappa shape index (κ1) is 29.9. The molecular formula is C26H21BrN2O10S2. The number of ether oxygens (including phenoxy) is 3. The molecule has 0 aromatic heterocycles. The van der Waals surface area contributed by atoms with Crippen LogP contribution in [-0.2, 0) is 14.9 Å². The molecule has 0 atom stereocenters. The second kappa shape index (κ2) is 12.6. The summed E-state index contributed by atoms with van der Waals surface area (Å²) in [4.78, 5) is 36.6. The summed E-state index contributed by atoms with van der Waals surface area (Å²) in [6.45, 7) is 0.0701. The quantitative estimate of drug-likeness (QED) is 0.114. The summed E-state index contributed by atoms with van der Waals surface area (Å²) in [5, 5.41) is 10.4. The van der Waals surface area contributed by atoms with Gasteiger partial charge >= 0.3 is 10.1 Å². The van der Waals surface area contributed by atoms with Gasteiger partial charge in [-0.15, -0.1) is 0 Å². The Hall–Kier alpha value is -4.08. The molecule has 0 bridgehead atoms. The molecule has 0 spiro atoms. The highest BCUT2D eigenvalue weighted by atomic mass is 79.9. The number of halogens is 1. The van der Waals surface area contributed by atoms with Crippen molar-refractivity contribution >= 4 is 60.7 Å². The highest BCUT2D eigenvalue weighted by molar-refractivity contribution is 9.10. The van der Waals surface area contributed by atoms with E-state index in [4.69, 9.17) is 18.4 Å². The average molecular weight is 665 g/mol. The lowest BCUT2D eigenvalue weighted by molar-refractivity contribution is -0.384. The Morgan fingerprint density at radius 1 is 1.00 bits per heavy atom. The fraction of sp³-hybridized carbons (Fsp3) is 0.154. The third-order valence-electron chi connectivity index (χ3n) is 5.59. The number of hydrogen-bond acceptors (Lipinski definition) is 11. The number of carbonyl (C=O) groups is 2. The van der Waals surface area contributed by atoms with Crippen molar-refractivity contribution in [3.63, 3.8) is 0 Å². The molecule has 15 heteroatoms. The number of benzene rings is 3. The number of non-ortho nitro benzene ring substituents is 1. The topological polar surface area (TPSA) is 152 Å². The van der Waals surface area contributed by atoms with E-state index in [0.717, 1.165) is 40.9 Å². The largest absolute Gasteiger partial charge is 0.493 e. The van der Waals surface area contributed by atoms with Crippen LogP contribution < -0.4 is 18.4 Å². The molecule has 0 aliphatic carbocycles. The zero-order valence-electron chi connectivity index (χ0n) is 21.4. The number of thioether (sulfide) groups is 1. The summed E-state index contributed by atoms with van der Waals surface area (Å²) in [7, 11) is -1.57.